The largest absolute Gasteiger partial charge is 0.480 e. The van der Waals surface area contributed by atoms with Crippen molar-refractivity contribution >= 4 is 29.3 Å². The normalized spacial score (nSPS) is 9.45. The highest BCUT2D eigenvalue weighted by Gasteiger charge is 2.14. The fourth-order valence-corrected chi connectivity index (χ4v) is 2.44. The molecule has 2 aromatic rings. The SMILES string of the molecule is CN(C)c1ccc(C#N)cc1C(=O)O.CN(CC(=O)O)c1ccccc1C(=O)O. The van der Waals surface area contributed by atoms with Crippen LogP contribution in [0.4, 0.5) is 11.4 Å². The molecular formula is C20H21N3O6. The van der Waals surface area contributed by atoms with Crippen molar-refractivity contribution in [2.75, 3.05) is 37.5 Å². The summed E-state index contributed by atoms with van der Waals surface area (Å²) < 4.78 is 0. The Kier molecular flexibility index (Phi) is 8.18. The summed E-state index contributed by atoms with van der Waals surface area (Å²) in [6, 6.07) is 12.8. The number of rotatable bonds is 6. The van der Waals surface area contributed by atoms with Gasteiger partial charge in [0, 0.05) is 21.1 Å². The Bertz CT molecular complexity index is 949. The van der Waals surface area contributed by atoms with Gasteiger partial charge in [-0.25, -0.2) is 9.59 Å². The van der Waals surface area contributed by atoms with Crippen LogP contribution < -0.4 is 9.80 Å². The lowest BCUT2D eigenvalue weighted by Crippen LogP contribution is -2.26. The molecule has 2 rings (SSSR count). The number of para-hydroxylation sites is 1. The average Bonchev–Trinajstić information content (AvgIpc) is 2.67. The summed E-state index contributed by atoms with van der Waals surface area (Å²) in [4.78, 5) is 35.3. The predicted molar refractivity (Wildman–Crippen MR) is 107 cm³/mol. The predicted octanol–water partition coefficient (Wildman–Crippen LogP) is 2.23. The van der Waals surface area contributed by atoms with Crippen molar-refractivity contribution in [3.8, 4) is 6.07 Å². The highest BCUT2D eigenvalue weighted by Crippen LogP contribution is 2.20. The maximum atomic E-state index is 10.9. The summed E-state index contributed by atoms with van der Waals surface area (Å²) in [6.45, 7) is -0.232. The number of nitrogens with zero attached hydrogens (tertiary/aromatic N) is 3. The lowest BCUT2D eigenvalue weighted by molar-refractivity contribution is -0.135. The maximum absolute atomic E-state index is 10.9. The van der Waals surface area contributed by atoms with E-state index in [4.69, 9.17) is 20.6 Å². The highest BCUT2D eigenvalue weighted by atomic mass is 16.4. The van der Waals surface area contributed by atoms with E-state index in [0.717, 1.165) is 0 Å². The Morgan fingerprint density at radius 1 is 0.897 bits per heavy atom. The molecule has 0 aromatic heterocycles. The van der Waals surface area contributed by atoms with Crippen molar-refractivity contribution in [1.29, 1.82) is 5.26 Å². The van der Waals surface area contributed by atoms with Gasteiger partial charge in [-0.05, 0) is 30.3 Å². The number of carboxylic acid groups (broad SMARTS) is 3. The van der Waals surface area contributed by atoms with E-state index in [9.17, 15) is 14.4 Å². The number of aliphatic carboxylic acids is 1. The summed E-state index contributed by atoms with van der Waals surface area (Å²) >= 11 is 0. The minimum absolute atomic E-state index is 0.0984. The first kappa shape index (κ1) is 23.0. The summed E-state index contributed by atoms with van der Waals surface area (Å²) in [5.41, 5.74) is 1.59. The van der Waals surface area contributed by atoms with Crippen LogP contribution in [0.5, 0.6) is 0 Å². The Hall–Kier alpha value is -4.06. The van der Waals surface area contributed by atoms with Crippen molar-refractivity contribution in [1.82, 2.24) is 0 Å². The summed E-state index contributed by atoms with van der Waals surface area (Å²) in [5.74, 6) is -3.09. The van der Waals surface area contributed by atoms with E-state index >= 15 is 0 Å². The fraction of sp³-hybridized carbons (Fsp3) is 0.200. The van der Waals surface area contributed by atoms with E-state index < -0.39 is 17.9 Å². The zero-order chi connectivity index (χ0) is 22.1. The molecule has 0 aliphatic rings. The Morgan fingerprint density at radius 2 is 1.48 bits per heavy atom. The van der Waals surface area contributed by atoms with Gasteiger partial charge in [0.15, 0.2) is 0 Å². The van der Waals surface area contributed by atoms with Crippen molar-refractivity contribution in [2.24, 2.45) is 0 Å². The average molecular weight is 399 g/mol. The molecule has 0 fully saturated rings. The quantitative estimate of drug-likeness (QED) is 0.666. The molecule has 0 amide bonds. The second kappa shape index (κ2) is 10.3. The molecule has 9 nitrogen and oxygen atoms in total. The molecule has 0 bridgehead atoms. The zero-order valence-electron chi connectivity index (χ0n) is 16.2. The van der Waals surface area contributed by atoms with Gasteiger partial charge in [-0.3, -0.25) is 4.79 Å². The van der Waals surface area contributed by atoms with Gasteiger partial charge in [-0.2, -0.15) is 5.26 Å². The molecule has 29 heavy (non-hydrogen) atoms. The monoisotopic (exact) mass is 399 g/mol. The molecule has 0 aliphatic heterocycles. The molecule has 0 saturated carbocycles. The summed E-state index contributed by atoms with van der Waals surface area (Å²) in [6.07, 6.45) is 0. The smallest absolute Gasteiger partial charge is 0.337 e. The molecule has 9 heteroatoms. The number of nitriles is 1. The fourth-order valence-electron chi connectivity index (χ4n) is 2.44. The minimum atomic E-state index is -1.07. The number of hydrogen-bond acceptors (Lipinski definition) is 6. The summed E-state index contributed by atoms with van der Waals surface area (Å²) in [5, 5.41) is 35.0. The van der Waals surface area contributed by atoms with Crippen LogP contribution in [-0.4, -0.2) is 60.9 Å². The van der Waals surface area contributed by atoms with E-state index in [2.05, 4.69) is 0 Å². The first-order valence-electron chi connectivity index (χ1n) is 8.28. The number of benzene rings is 2. The van der Waals surface area contributed by atoms with Crippen molar-refractivity contribution in [3.63, 3.8) is 0 Å². The number of likely N-dealkylation sites (N-methyl/N-ethyl adjacent to an activating group) is 1. The molecule has 2 aromatic carbocycles. The van der Waals surface area contributed by atoms with Gasteiger partial charge in [0.1, 0.15) is 6.54 Å². The molecule has 0 unspecified atom stereocenters. The van der Waals surface area contributed by atoms with Crippen LogP contribution >= 0.6 is 0 Å². The molecule has 0 atom stereocenters. The van der Waals surface area contributed by atoms with Gasteiger partial charge in [0.25, 0.3) is 0 Å². The van der Waals surface area contributed by atoms with Crippen LogP contribution in [0.1, 0.15) is 26.3 Å². The molecule has 0 saturated heterocycles. The van der Waals surface area contributed by atoms with Crippen LogP contribution in [0.2, 0.25) is 0 Å². The number of aromatic carboxylic acids is 2. The standard InChI is InChI=1S/C10H10N2O2.C10H11NO4/c1-12(2)9-4-3-7(6-11)5-8(9)10(13)14;1-11(6-9(12)13)8-5-3-2-4-7(8)10(14)15/h3-5H,1-2H3,(H,13,14);2-5H,6H2,1H3,(H,12,13)(H,14,15). The molecule has 3 N–H and O–H groups in total. The number of anilines is 2. The molecule has 0 heterocycles. The summed E-state index contributed by atoms with van der Waals surface area (Å²) in [7, 11) is 5.05. The molecule has 152 valence electrons. The van der Waals surface area contributed by atoms with E-state index in [1.54, 1.807) is 49.3 Å². The number of carboxylic acids is 3. The first-order chi connectivity index (χ1) is 13.6. The second-order valence-corrected chi connectivity index (χ2v) is 6.12. The van der Waals surface area contributed by atoms with Crippen molar-refractivity contribution in [2.45, 2.75) is 0 Å². The Morgan fingerprint density at radius 3 is 1.97 bits per heavy atom. The molecule has 0 radical (unpaired) electrons. The highest BCUT2D eigenvalue weighted by molar-refractivity contribution is 5.95. The van der Waals surface area contributed by atoms with Gasteiger partial charge in [-0.1, -0.05) is 12.1 Å². The third-order valence-electron chi connectivity index (χ3n) is 3.76. The van der Waals surface area contributed by atoms with Crippen LogP contribution in [0, 0.1) is 11.3 Å². The Labute approximate surface area is 167 Å². The first-order valence-corrected chi connectivity index (χ1v) is 8.28. The van der Waals surface area contributed by atoms with Crippen LogP contribution in [0.15, 0.2) is 42.5 Å². The van der Waals surface area contributed by atoms with Crippen molar-refractivity contribution < 1.29 is 29.7 Å². The Balaban J connectivity index is 0.000000291. The molecular weight excluding hydrogens is 378 g/mol. The number of carbonyl (C=O) groups is 3. The van der Waals surface area contributed by atoms with E-state index in [-0.39, 0.29) is 17.7 Å². The van der Waals surface area contributed by atoms with E-state index in [1.165, 1.54) is 24.1 Å². The van der Waals surface area contributed by atoms with Gasteiger partial charge in [0.05, 0.1) is 34.1 Å². The van der Waals surface area contributed by atoms with Crippen molar-refractivity contribution in [3.05, 3.63) is 59.2 Å². The third kappa shape index (κ3) is 6.55. The van der Waals surface area contributed by atoms with Crippen LogP contribution in [0.3, 0.4) is 0 Å². The molecule has 0 spiro atoms. The molecule has 0 aliphatic carbocycles. The van der Waals surface area contributed by atoms with Crippen LogP contribution in [0.25, 0.3) is 0 Å². The number of hydrogen-bond donors (Lipinski definition) is 3. The van der Waals surface area contributed by atoms with E-state index in [0.29, 0.717) is 16.9 Å². The lowest BCUT2D eigenvalue weighted by Gasteiger charge is -2.18. The zero-order valence-corrected chi connectivity index (χ0v) is 16.2. The van der Waals surface area contributed by atoms with Gasteiger partial charge in [-0.15, -0.1) is 0 Å². The second-order valence-electron chi connectivity index (χ2n) is 6.12. The van der Waals surface area contributed by atoms with Crippen LogP contribution in [-0.2, 0) is 4.79 Å². The lowest BCUT2D eigenvalue weighted by atomic mass is 10.1. The topological polar surface area (TPSA) is 142 Å². The third-order valence-corrected chi connectivity index (χ3v) is 3.76. The van der Waals surface area contributed by atoms with E-state index in [1.807, 2.05) is 6.07 Å². The van der Waals surface area contributed by atoms with Gasteiger partial charge < -0.3 is 25.1 Å². The van der Waals surface area contributed by atoms with Gasteiger partial charge in [0.2, 0.25) is 0 Å². The van der Waals surface area contributed by atoms with Gasteiger partial charge >= 0.3 is 17.9 Å². The maximum Gasteiger partial charge on any atom is 0.337 e. The minimum Gasteiger partial charge on any atom is -0.480 e.